The van der Waals surface area contributed by atoms with E-state index < -0.39 is 11.7 Å². The summed E-state index contributed by atoms with van der Waals surface area (Å²) in [7, 11) is 0. The quantitative estimate of drug-likeness (QED) is 0.807. The van der Waals surface area contributed by atoms with Crippen LogP contribution in [0.4, 0.5) is 10.1 Å². The van der Waals surface area contributed by atoms with Crippen molar-refractivity contribution in [2.24, 2.45) is 0 Å². The van der Waals surface area contributed by atoms with Gasteiger partial charge in [0.25, 0.3) is 5.91 Å². The molecular formula is C17H15FN4O. The minimum atomic E-state index is -0.558. The Morgan fingerprint density at radius 1 is 1.17 bits per heavy atom. The fourth-order valence-electron chi connectivity index (χ4n) is 2.29. The molecule has 3 aromatic rings. The van der Waals surface area contributed by atoms with Crippen molar-refractivity contribution in [1.29, 1.82) is 0 Å². The summed E-state index contributed by atoms with van der Waals surface area (Å²) in [6.07, 6.45) is 1.52. The van der Waals surface area contributed by atoms with Crippen LogP contribution in [-0.4, -0.2) is 20.7 Å². The molecule has 2 heterocycles. The maximum Gasteiger partial charge on any atom is 0.258 e. The summed E-state index contributed by atoms with van der Waals surface area (Å²) in [6.45, 7) is 3.85. The number of nitrogens with zero attached hydrogens (tertiary/aromatic N) is 3. The van der Waals surface area contributed by atoms with E-state index in [1.807, 2.05) is 19.9 Å². The summed E-state index contributed by atoms with van der Waals surface area (Å²) in [6, 6.07) is 11.2. The average Bonchev–Trinajstić information content (AvgIpc) is 2.87. The SMILES string of the molecule is Cc1cc(C)n(-c2ccc(NC(=O)c3ccccc3F)cn2)n1. The lowest BCUT2D eigenvalue weighted by Crippen LogP contribution is -2.14. The normalized spacial score (nSPS) is 10.6. The first-order chi connectivity index (χ1) is 11.0. The Labute approximate surface area is 132 Å². The van der Waals surface area contributed by atoms with Crippen LogP contribution < -0.4 is 5.32 Å². The zero-order valence-corrected chi connectivity index (χ0v) is 12.7. The number of hydrogen-bond donors (Lipinski definition) is 1. The first-order valence-corrected chi connectivity index (χ1v) is 7.10. The molecule has 0 unspecified atom stereocenters. The number of aryl methyl sites for hydroxylation is 2. The second-order valence-electron chi connectivity index (χ2n) is 5.18. The van der Waals surface area contributed by atoms with E-state index in [1.165, 1.54) is 24.4 Å². The van der Waals surface area contributed by atoms with Gasteiger partial charge in [-0.1, -0.05) is 12.1 Å². The van der Waals surface area contributed by atoms with Crippen molar-refractivity contribution < 1.29 is 9.18 Å². The molecule has 0 saturated carbocycles. The van der Waals surface area contributed by atoms with Gasteiger partial charge in [-0.2, -0.15) is 5.10 Å². The molecule has 1 amide bonds. The minimum absolute atomic E-state index is 0.00452. The van der Waals surface area contributed by atoms with Gasteiger partial charge in [0.05, 0.1) is 23.1 Å². The topological polar surface area (TPSA) is 59.8 Å². The van der Waals surface area contributed by atoms with Gasteiger partial charge >= 0.3 is 0 Å². The number of nitrogens with one attached hydrogen (secondary N) is 1. The van der Waals surface area contributed by atoms with E-state index in [-0.39, 0.29) is 5.56 Å². The highest BCUT2D eigenvalue weighted by Gasteiger charge is 2.11. The maximum absolute atomic E-state index is 13.6. The first kappa shape index (κ1) is 14.9. The predicted molar refractivity (Wildman–Crippen MR) is 85.2 cm³/mol. The van der Waals surface area contributed by atoms with Gasteiger partial charge in [0.15, 0.2) is 5.82 Å². The second kappa shape index (κ2) is 6.00. The molecule has 6 heteroatoms. The molecule has 0 radical (unpaired) electrons. The summed E-state index contributed by atoms with van der Waals surface area (Å²) < 4.78 is 15.3. The number of anilines is 1. The highest BCUT2D eigenvalue weighted by atomic mass is 19.1. The Hall–Kier alpha value is -3.02. The van der Waals surface area contributed by atoms with Crippen LogP contribution in [0.2, 0.25) is 0 Å². The monoisotopic (exact) mass is 310 g/mol. The molecule has 0 saturated heterocycles. The van der Waals surface area contributed by atoms with Gasteiger partial charge in [-0.15, -0.1) is 0 Å². The molecule has 3 rings (SSSR count). The van der Waals surface area contributed by atoms with Gasteiger partial charge in [0.2, 0.25) is 0 Å². The van der Waals surface area contributed by atoms with E-state index in [9.17, 15) is 9.18 Å². The third-order valence-corrected chi connectivity index (χ3v) is 3.35. The van der Waals surface area contributed by atoms with Crippen LogP contribution in [-0.2, 0) is 0 Å². The maximum atomic E-state index is 13.6. The number of hydrogen-bond acceptors (Lipinski definition) is 3. The van der Waals surface area contributed by atoms with Crippen molar-refractivity contribution in [3.8, 4) is 5.82 Å². The van der Waals surface area contributed by atoms with Gasteiger partial charge in [0.1, 0.15) is 5.82 Å². The van der Waals surface area contributed by atoms with Crippen LogP contribution in [0.1, 0.15) is 21.7 Å². The lowest BCUT2D eigenvalue weighted by atomic mass is 10.2. The number of carbonyl (C=O) groups excluding carboxylic acids is 1. The Morgan fingerprint density at radius 3 is 2.57 bits per heavy atom. The van der Waals surface area contributed by atoms with Crippen molar-refractivity contribution in [2.45, 2.75) is 13.8 Å². The number of carbonyl (C=O) groups is 1. The molecule has 0 aliphatic rings. The summed E-state index contributed by atoms with van der Waals surface area (Å²) in [4.78, 5) is 16.3. The summed E-state index contributed by atoms with van der Waals surface area (Å²) in [5.41, 5.74) is 2.36. The molecule has 0 aliphatic heterocycles. The van der Waals surface area contributed by atoms with Crippen LogP contribution in [0.3, 0.4) is 0 Å². The van der Waals surface area contributed by atoms with E-state index in [4.69, 9.17) is 0 Å². The molecule has 0 fully saturated rings. The summed E-state index contributed by atoms with van der Waals surface area (Å²) >= 11 is 0. The van der Waals surface area contributed by atoms with E-state index in [0.29, 0.717) is 11.5 Å². The molecule has 2 aromatic heterocycles. The van der Waals surface area contributed by atoms with Gasteiger partial charge in [-0.25, -0.2) is 14.1 Å². The van der Waals surface area contributed by atoms with Crippen molar-refractivity contribution in [3.05, 3.63) is 71.4 Å². The molecule has 23 heavy (non-hydrogen) atoms. The molecule has 5 nitrogen and oxygen atoms in total. The molecular weight excluding hydrogens is 295 g/mol. The molecule has 0 bridgehead atoms. The summed E-state index contributed by atoms with van der Waals surface area (Å²) in [5, 5.41) is 6.97. The number of aromatic nitrogens is 3. The Bertz CT molecular complexity index is 855. The largest absolute Gasteiger partial charge is 0.320 e. The molecule has 0 spiro atoms. The fraction of sp³-hybridized carbons (Fsp3) is 0.118. The third kappa shape index (κ3) is 3.11. The summed E-state index contributed by atoms with van der Waals surface area (Å²) in [5.74, 6) is -0.416. The second-order valence-corrected chi connectivity index (χ2v) is 5.18. The highest BCUT2D eigenvalue weighted by molar-refractivity contribution is 6.04. The van der Waals surface area contributed by atoms with Crippen LogP contribution in [0.15, 0.2) is 48.7 Å². The zero-order valence-electron chi connectivity index (χ0n) is 12.7. The number of benzene rings is 1. The molecule has 1 aromatic carbocycles. The Balaban J connectivity index is 1.79. The third-order valence-electron chi connectivity index (χ3n) is 3.35. The van der Waals surface area contributed by atoms with E-state index in [0.717, 1.165) is 11.4 Å². The lowest BCUT2D eigenvalue weighted by Gasteiger charge is -2.07. The van der Waals surface area contributed by atoms with Crippen LogP contribution in [0.5, 0.6) is 0 Å². The number of halogens is 1. The van der Waals surface area contributed by atoms with Crippen molar-refractivity contribution in [2.75, 3.05) is 5.32 Å². The minimum Gasteiger partial charge on any atom is -0.320 e. The standard InChI is InChI=1S/C17H15FN4O/c1-11-9-12(2)22(21-11)16-8-7-13(10-19-16)20-17(23)14-5-3-4-6-15(14)18/h3-10H,1-2H3,(H,20,23). The Kier molecular flexibility index (Phi) is 3.89. The van der Waals surface area contributed by atoms with Gasteiger partial charge < -0.3 is 5.32 Å². The van der Waals surface area contributed by atoms with E-state index in [2.05, 4.69) is 15.4 Å². The fourth-order valence-corrected chi connectivity index (χ4v) is 2.29. The van der Waals surface area contributed by atoms with Crippen LogP contribution in [0.25, 0.3) is 5.82 Å². The van der Waals surface area contributed by atoms with Gasteiger partial charge in [-0.05, 0) is 44.2 Å². The average molecular weight is 310 g/mol. The molecule has 1 N–H and O–H groups in total. The highest BCUT2D eigenvalue weighted by Crippen LogP contribution is 2.14. The van der Waals surface area contributed by atoms with Crippen molar-refractivity contribution >= 4 is 11.6 Å². The van der Waals surface area contributed by atoms with Crippen molar-refractivity contribution in [1.82, 2.24) is 14.8 Å². The molecule has 0 atom stereocenters. The lowest BCUT2D eigenvalue weighted by molar-refractivity contribution is 0.102. The van der Waals surface area contributed by atoms with E-state index in [1.54, 1.807) is 22.9 Å². The van der Waals surface area contributed by atoms with Crippen molar-refractivity contribution in [3.63, 3.8) is 0 Å². The number of rotatable bonds is 3. The first-order valence-electron chi connectivity index (χ1n) is 7.10. The molecule has 116 valence electrons. The van der Waals surface area contributed by atoms with Gasteiger partial charge in [0, 0.05) is 5.69 Å². The van der Waals surface area contributed by atoms with E-state index >= 15 is 0 Å². The smallest absolute Gasteiger partial charge is 0.258 e. The Morgan fingerprint density at radius 2 is 1.96 bits per heavy atom. The number of amides is 1. The molecule has 0 aliphatic carbocycles. The van der Waals surface area contributed by atoms with Crippen LogP contribution >= 0.6 is 0 Å². The number of pyridine rings is 1. The van der Waals surface area contributed by atoms with Gasteiger partial charge in [-0.3, -0.25) is 4.79 Å². The van der Waals surface area contributed by atoms with Crippen LogP contribution in [0, 0.1) is 19.7 Å². The predicted octanol–water partition coefficient (Wildman–Crippen LogP) is 3.28. The zero-order chi connectivity index (χ0) is 16.4.